The van der Waals surface area contributed by atoms with Crippen molar-refractivity contribution in [2.45, 2.75) is 25.9 Å². The van der Waals surface area contributed by atoms with Crippen LogP contribution in [0.3, 0.4) is 0 Å². The lowest BCUT2D eigenvalue weighted by atomic mass is 10.1. The monoisotopic (exact) mass is 257 g/mol. The summed E-state index contributed by atoms with van der Waals surface area (Å²) in [5.74, 6) is 0.0239. The van der Waals surface area contributed by atoms with Crippen molar-refractivity contribution >= 4 is 10.0 Å². The average molecular weight is 257 g/mol. The number of unbranched alkanes of at least 4 members (excludes halogenated alkanes) is 1. The second kappa shape index (κ2) is 6.74. The van der Waals surface area contributed by atoms with Crippen LogP contribution in [0.25, 0.3) is 0 Å². The normalized spacial score (nSPS) is 13.5. The summed E-state index contributed by atoms with van der Waals surface area (Å²) < 4.78 is 27.0. The minimum Gasteiger partial charge on any atom is -0.374 e. The Balaban J connectivity index is 2.19. The summed E-state index contributed by atoms with van der Waals surface area (Å²) >= 11 is 0. The third-order valence-electron chi connectivity index (χ3n) is 2.46. The van der Waals surface area contributed by atoms with Gasteiger partial charge in [-0.2, -0.15) is 0 Å². The van der Waals surface area contributed by atoms with E-state index in [0.717, 1.165) is 5.56 Å². The van der Waals surface area contributed by atoms with Gasteiger partial charge in [0.2, 0.25) is 10.0 Å². The maximum absolute atomic E-state index is 10.7. The highest BCUT2D eigenvalue weighted by molar-refractivity contribution is 7.89. The summed E-state index contributed by atoms with van der Waals surface area (Å²) in [7, 11) is -3.33. The summed E-state index contributed by atoms with van der Waals surface area (Å²) in [6.45, 7) is 2.53. The summed E-state index contributed by atoms with van der Waals surface area (Å²) in [6.07, 6.45) is 1.28. The first-order chi connectivity index (χ1) is 7.99. The zero-order valence-electron chi connectivity index (χ0n) is 10.0. The molecule has 0 radical (unpaired) electrons. The highest BCUT2D eigenvalue weighted by Gasteiger charge is 2.05. The predicted octanol–water partition coefficient (Wildman–Crippen LogP) is 1.83. The maximum Gasteiger partial charge on any atom is 0.209 e. The first-order valence-corrected chi connectivity index (χ1v) is 7.37. The van der Waals surface area contributed by atoms with Gasteiger partial charge in [-0.1, -0.05) is 30.3 Å². The van der Waals surface area contributed by atoms with Crippen molar-refractivity contribution in [2.75, 3.05) is 12.4 Å². The van der Waals surface area contributed by atoms with Crippen LogP contribution in [0.15, 0.2) is 30.3 Å². The molecule has 1 aromatic rings. The number of hydrogen-bond donors (Lipinski definition) is 1. The molecule has 0 aromatic heterocycles. The van der Waals surface area contributed by atoms with E-state index in [2.05, 4.69) is 0 Å². The Hall–Kier alpha value is -0.910. The van der Waals surface area contributed by atoms with E-state index < -0.39 is 10.0 Å². The van der Waals surface area contributed by atoms with Crippen LogP contribution < -0.4 is 5.14 Å². The molecule has 0 fully saturated rings. The predicted molar refractivity (Wildman–Crippen MR) is 68.0 cm³/mol. The molecule has 1 unspecified atom stereocenters. The molecule has 2 N–H and O–H groups in total. The lowest BCUT2D eigenvalue weighted by Gasteiger charge is -2.13. The van der Waals surface area contributed by atoms with Crippen LogP contribution in [0, 0.1) is 0 Å². The van der Waals surface area contributed by atoms with Gasteiger partial charge in [0.1, 0.15) is 0 Å². The lowest BCUT2D eigenvalue weighted by molar-refractivity contribution is 0.0638. The van der Waals surface area contributed by atoms with Crippen molar-refractivity contribution < 1.29 is 13.2 Å². The van der Waals surface area contributed by atoms with Crippen LogP contribution in [0.5, 0.6) is 0 Å². The van der Waals surface area contributed by atoms with Gasteiger partial charge in [0.15, 0.2) is 0 Å². The molecule has 0 aliphatic carbocycles. The molecule has 0 spiro atoms. The van der Waals surface area contributed by atoms with Crippen molar-refractivity contribution in [3.8, 4) is 0 Å². The van der Waals surface area contributed by atoms with E-state index in [1.807, 2.05) is 37.3 Å². The van der Waals surface area contributed by atoms with E-state index in [1.54, 1.807) is 0 Å². The molecule has 0 heterocycles. The molecule has 4 nitrogen and oxygen atoms in total. The highest BCUT2D eigenvalue weighted by atomic mass is 32.2. The minimum absolute atomic E-state index is 0.0239. The van der Waals surface area contributed by atoms with Crippen molar-refractivity contribution in [3.63, 3.8) is 0 Å². The van der Waals surface area contributed by atoms with Gasteiger partial charge in [0, 0.05) is 6.61 Å². The van der Waals surface area contributed by atoms with Crippen LogP contribution >= 0.6 is 0 Å². The Labute approximate surface area is 103 Å². The van der Waals surface area contributed by atoms with Gasteiger partial charge in [-0.3, -0.25) is 0 Å². The first kappa shape index (κ1) is 14.2. The molecular weight excluding hydrogens is 238 g/mol. The van der Waals surface area contributed by atoms with E-state index >= 15 is 0 Å². The van der Waals surface area contributed by atoms with Gasteiger partial charge in [0.05, 0.1) is 11.9 Å². The Bertz CT molecular complexity index is 417. The Kier molecular flexibility index (Phi) is 5.61. The summed E-state index contributed by atoms with van der Waals surface area (Å²) in [4.78, 5) is 0. The molecule has 0 aliphatic rings. The van der Waals surface area contributed by atoms with Crippen LogP contribution in [-0.4, -0.2) is 20.8 Å². The van der Waals surface area contributed by atoms with Crippen molar-refractivity contribution in [3.05, 3.63) is 35.9 Å². The second-order valence-corrected chi connectivity index (χ2v) is 5.73. The van der Waals surface area contributed by atoms with E-state index in [-0.39, 0.29) is 11.9 Å². The van der Waals surface area contributed by atoms with Crippen molar-refractivity contribution in [1.29, 1.82) is 0 Å². The van der Waals surface area contributed by atoms with Crippen LogP contribution in [0.2, 0.25) is 0 Å². The Morgan fingerprint density at radius 2 is 1.88 bits per heavy atom. The molecule has 0 saturated heterocycles. The van der Waals surface area contributed by atoms with Gasteiger partial charge in [-0.25, -0.2) is 13.6 Å². The standard InChI is InChI=1S/C12H19NO3S/c1-11(12-7-3-2-4-8-12)16-9-5-6-10-17(13,14)15/h2-4,7-8,11H,5-6,9-10H2,1H3,(H2,13,14,15). The number of ether oxygens (including phenoxy) is 1. The van der Waals surface area contributed by atoms with E-state index in [1.165, 1.54) is 0 Å². The number of hydrogen-bond acceptors (Lipinski definition) is 3. The largest absolute Gasteiger partial charge is 0.374 e. The fourth-order valence-corrected chi connectivity index (χ4v) is 2.09. The molecule has 1 rings (SSSR count). The highest BCUT2D eigenvalue weighted by Crippen LogP contribution is 2.16. The molecule has 5 heteroatoms. The second-order valence-electron chi connectivity index (χ2n) is 4.00. The Morgan fingerprint density at radius 1 is 1.24 bits per heavy atom. The molecular formula is C12H19NO3S. The number of sulfonamides is 1. The molecule has 17 heavy (non-hydrogen) atoms. The zero-order chi connectivity index (χ0) is 12.7. The summed E-state index contributed by atoms with van der Waals surface area (Å²) in [6, 6.07) is 9.92. The first-order valence-electron chi connectivity index (χ1n) is 5.66. The van der Waals surface area contributed by atoms with Crippen LogP contribution in [-0.2, 0) is 14.8 Å². The number of nitrogens with two attached hydrogens (primary N) is 1. The third kappa shape index (κ3) is 6.41. The van der Waals surface area contributed by atoms with Crippen LogP contribution in [0.1, 0.15) is 31.4 Å². The number of primary sulfonamides is 1. The third-order valence-corrected chi connectivity index (χ3v) is 3.32. The SMILES string of the molecule is CC(OCCCCS(N)(=O)=O)c1ccccc1. The zero-order valence-corrected chi connectivity index (χ0v) is 10.8. The summed E-state index contributed by atoms with van der Waals surface area (Å²) in [5.41, 5.74) is 1.12. The minimum atomic E-state index is -3.33. The maximum atomic E-state index is 10.7. The van der Waals surface area contributed by atoms with E-state index in [9.17, 15) is 8.42 Å². The van der Waals surface area contributed by atoms with Gasteiger partial charge < -0.3 is 4.74 Å². The average Bonchev–Trinajstić information content (AvgIpc) is 2.28. The quantitative estimate of drug-likeness (QED) is 0.758. The van der Waals surface area contributed by atoms with E-state index in [0.29, 0.717) is 19.4 Å². The fraction of sp³-hybridized carbons (Fsp3) is 0.500. The topological polar surface area (TPSA) is 69.4 Å². The van der Waals surface area contributed by atoms with Crippen molar-refractivity contribution in [1.82, 2.24) is 0 Å². The Morgan fingerprint density at radius 3 is 2.47 bits per heavy atom. The number of rotatable bonds is 7. The number of benzene rings is 1. The molecule has 1 atom stereocenters. The molecule has 1 aromatic carbocycles. The lowest BCUT2D eigenvalue weighted by Crippen LogP contribution is -2.16. The molecule has 0 aliphatic heterocycles. The molecule has 0 saturated carbocycles. The van der Waals surface area contributed by atoms with Gasteiger partial charge in [-0.05, 0) is 25.3 Å². The molecule has 0 amide bonds. The van der Waals surface area contributed by atoms with Gasteiger partial charge in [0.25, 0.3) is 0 Å². The summed E-state index contributed by atoms with van der Waals surface area (Å²) in [5, 5.41) is 4.90. The van der Waals surface area contributed by atoms with Crippen LogP contribution in [0.4, 0.5) is 0 Å². The van der Waals surface area contributed by atoms with E-state index in [4.69, 9.17) is 9.88 Å². The smallest absolute Gasteiger partial charge is 0.209 e. The fourth-order valence-electron chi connectivity index (χ4n) is 1.49. The molecule has 96 valence electrons. The molecule has 0 bridgehead atoms. The van der Waals surface area contributed by atoms with Crippen molar-refractivity contribution in [2.24, 2.45) is 5.14 Å². The van der Waals surface area contributed by atoms with Gasteiger partial charge in [-0.15, -0.1) is 0 Å². The van der Waals surface area contributed by atoms with Gasteiger partial charge >= 0.3 is 0 Å².